The van der Waals surface area contributed by atoms with E-state index in [1.165, 1.54) is 16.6 Å². The van der Waals surface area contributed by atoms with Gasteiger partial charge in [0.25, 0.3) is 0 Å². The zero-order valence-electron chi connectivity index (χ0n) is 14.4. The molecule has 128 valence electrons. The predicted octanol–water partition coefficient (Wildman–Crippen LogP) is 3.80. The van der Waals surface area contributed by atoms with Crippen LogP contribution in [0.25, 0.3) is 21.9 Å². The Morgan fingerprint density at radius 3 is 2.54 bits per heavy atom. The number of fused-ring (bicyclic) bond motifs is 5. The van der Waals surface area contributed by atoms with Crippen LogP contribution in [-0.4, -0.2) is 28.0 Å². The molecule has 0 aliphatic carbocycles. The monoisotopic (exact) mass is 341 g/mol. The Hall–Kier alpha value is -3.21. The van der Waals surface area contributed by atoms with Gasteiger partial charge in [-0.3, -0.25) is 4.98 Å². The van der Waals surface area contributed by atoms with Crippen molar-refractivity contribution < 1.29 is 0 Å². The molecular formula is C21H19N5. The number of hydrogen-bond acceptors (Lipinski definition) is 5. The Morgan fingerprint density at radius 2 is 1.62 bits per heavy atom. The fourth-order valence-corrected chi connectivity index (χ4v) is 3.60. The third-order valence-electron chi connectivity index (χ3n) is 4.87. The van der Waals surface area contributed by atoms with E-state index in [1.807, 2.05) is 36.5 Å². The number of nitrogens with zero attached hydrogens (tertiary/aromatic N) is 3. The first-order chi connectivity index (χ1) is 12.9. The largest absolute Gasteiger partial charge is 0.384 e. The van der Waals surface area contributed by atoms with Crippen LogP contribution >= 0.6 is 0 Å². The van der Waals surface area contributed by atoms with E-state index in [9.17, 15) is 0 Å². The third kappa shape index (κ3) is 2.62. The van der Waals surface area contributed by atoms with Crippen molar-refractivity contribution in [3.8, 4) is 0 Å². The number of pyridine rings is 1. The Balaban J connectivity index is 0.000000115. The Bertz CT molecular complexity index is 1060. The summed E-state index contributed by atoms with van der Waals surface area (Å²) in [4.78, 5) is 13.4. The fraction of sp³-hybridized carbons (Fsp3) is 0.190. The van der Waals surface area contributed by atoms with Gasteiger partial charge in [-0.2, -0.15) is 0 Å². The topological polar surface area (TPSA) is 62.7 Å². The van der Waals surface area contributed by atoms with Gasteiger partial charge in [-0.05, 0) is 30.7 Å². The molecule has 0 fully saturated rings. The van der Waals surface area contributed by atoms with Crippen molar-refractivity contribution >= 4 is 33.4 Å². The first-order valence-electron chi connectivity index (χ1n) is 8.98. The molecule has 2 aromatic heterocycles. The first-order valence-corrected chi connectivity index (χ1v) is 8.98. The number of benzene rings is 2. The van der Waals surface area contributed by atoms with E-state index < -0.39 is 0 Å². The van der Waals surface area contributed by atoms with Crippen LogP contribution in [0.1, 0.15) is 11.3 Å². The zero-order chi connectivity index (χ0) is 17.3. The maximum Gasteiger partial charge on any atom is 0.148 e. The molecule has 0 amide bonds. The summed E-state index contributed by atoms with van der Waals surface area (Å²) < 4.78 is 0. The second-order valence-electron chi connectivity index (χ2n) is 6.53. The van der Waals surface area contributed by atoms with Crippen LogP contribution in [-0.2, 0) is 12.8 Å². The molecule has 26 heavy (non-hydrogen) atoms. The second-order valence-corrected chi connectivity index (χ2v) is 6.53. The number of para-hydroxylation sites is 2. The van der Waals surface area contributed by atoms with Gasteiger partial charge in [0.05, 0.1) is 22.2 Å². The van der Waals surface area contributed by atoms with Crippen molar-refractivity contribution in [1.82, 2.24) is 15.0 Å². The minimum absolute atomic E-state index is 0.957. The van der Waals surface area contributed by atoms with Crippen LogP contribution in [0.4, 0.5) is 11.5 Å². The van der Waals surface area contributed by atoms with Gasteiger partial charge in [0.15, 0.2) is 0 Å². The lowest BCUT2D eigenvalue weighted by Crippen LogP contribution is -1.93. The summed E-state index contributed by atoms with van der Waals surface area (Å²) in [6.07, 6.45) is 3.96. The van der Waals surface area contributed by atoms with Gasteiger partial charge >= 0.3 is 0 Å². The summed E-state index contributed by atoms with van der Waals surface area (Å²) >= 11 is 0. The molecule has 6 rings (SSSR count). The quantitative estimate of drug-likeness (QED) is 0.509. The zero-order valence-corrected chi connectivity index (χ0v) is 14.4. The van der Waals surface area contributed by atoms with Crippen molar-refractivity contribution in [3.63, 3.8) is 0 Å². The van der Waals surface area contributed by atoms with Crippen molar-refractivity contribution in [2.45, 2.75) is 12.8 Å². The van der Waals surface area contributed by atoms with Gasteiger partial charge < -0.3 is 10.6 Å². The number of aromatic nitrogens is 3. The lowest BCUT2D eigenvalue weighted by atomic mass is 10.1. The van der Waals surface area contributed by atoms with Gasteiger partial charge in [0.2, 0.25) is 0 Å². The summed E-state index contributed by atoms with van der Waals surface area (Å²) in [5.74, 6) is 0.957. The molecule has 0 saturated heterocycles. The Labute approximate surface area is 151 Å². The van der Waals surface area contributed by atoms with Crippen molar-refractivity contribution in [1.29, 1.82) is 0 Å². The molecule has 0 saturated carbocycles. The highest BCUT2D eigenvalue weighted by molar-refractivity contribution is 5.87. The SMILES string of the molecule is c1ccc2nc3c(nc2c1)CCN3.c1cnc2c3c(ccc2c1)NCC3. The summed E-state index contributed by atoms with van der Waals surface area (Å²) in [5, 5.41) is 7.81. The fourth-order valence-electron chi connectivity index (χ4n) is 3.60. The highest BCUT2D eigenvalue weighted by atomic mass is 15.0. The van der Waals surface area contributed by atoms with E-state index in [0.717, 1.165) is 54.0 Å². The molecule has 4 aromatic rings. The smallest absolute Gasteiger partial charge is 0.148 e. The van der Waals surface area contributed by atoms with Crippen molar-refractivity contribution in [2.24, 2.45) is 0 Å². The maximum atomic E-state index is 4.53. The van der Waals surface area contributed by atoms with E-state index in [2.05, 4.69) is 43.8 Å². The lowest BCUT2D eigenvalue weighted by molar-refractivity contribution is 1.06. The molecule has 5 nitrogen and oxygen atoms in total. The minimum Gasteiger partial charge on any atom is -0.384 e. The van der Waals surface area contributed by atoms with Gasteiger partial charge in [-0.15, -0.1) is 0 Å². The third-order valence-corrected chi connectivity index (χ3v) is 4.87. The highest BCUT2D eigenvalue weighted by Gasteiger charge is 2.14. The summed E-state index contributed by atoms with van der Waals surface area (Å²) in [7, 11) is 0. The number of nitrogens with one attached hydrogen (secondary N) is 2. The van der Waals surface area contributed by atoms with Crippen LogP contribution in [0.15, 0.2) is 54.7 Å². The van der Waals surface area contributed by atoms with Gasteiger partial charge in [0, 0.05) is 42.3 Å². The number of rotatable bonds is 0. The van der Waals surface area contributed by atoms with Gasteiger partial charge in [0.1, 0.15) is 5.82 Å². The maximum absolute atomic E-state index is 4.53. The van der Waals surface area contributed by atoms with E-state index in [0.29, 0.717) is 0 Å². The highest BCUT2D eigenvalue weighted by Crippen LogP contribution is 2.28. The summed E-state index contributed by atoms with van der Waals surface area (Å²) in [5.41, 5.74) is 6.84. The molecular weight excluding hydrogens is 322 g/mol. The first kappa shape index (κ1) is 15.1. The van der Waals surface area contributed by atoms with Crippen LogP contribution in [0.2, 0.25) is 0 Å². The van der Waals surface area contributed by atoms with E-state index in [1.54, 1.807) is 0 Å². The number of hydrogen-bond donors (Lipinski definition) is 2. The molecule has 0 atom stereocenters. The molecule has 5 heteroatoms. The van der Waals surface area contributed by atoms with E-state index >= 15 is 0 Å². The molecule has 0 radical (unpaired) electrons. The normalized spacial score (nSPS) is 14.2. The molecule has 2 aromatic carbocycles. The average Bonchev–Trinajstić information content (AvgIpc) is 3.35. The Kier molecular flexibility index (Phi) is 3.63. The molecule has 0 bridgehead atoms. The van der Waals surface area contributed by atoms with E-state index in [-0.39, 0.29) is 0 Å². The molecule has 0 unspecified atom stereocenters. The van der Waals surface area contributed by atoms with Crippen LogP contribution in [0.5, 0.6) is 0 Å². The lowest BCUT2D eigenvalue weighted by Gasteiger charge is -2.02. The van der Waals surface area contributed by atoms with E-state index in [4.69, 9.17) is 0 Å². The van der Waals surface area contributed by atoms with Gasteiger partial charge in [-0.25, -0.2) is 9.97 Å². The standard InChI is InChI=1S/C11H10N2.C10H9N3/c1-2-8-3-4-10-9(5-7-12-10)11(8)13-6-1;1-2-4-8-7(3-1)12-9-5-6-11-10(9)13-8/h1-4,6,12H,5,7H2;1-4H,5-6H2,(H,11,13). The molecule has 4 heterocycles. The summed E-state index contributed by atoms with van der Waals surface area (Å²) in [6.45, 7) is 2.01. The van der Waals surface area contributed by atoms with Gasteiger partial charge in [-0.1, -0.05) is 24.3 Å². The van der Waals surface area contributed by atoms with Crippen LogP contribution in [0, 0.1) is 0 Å². The molecule has 2 aliphatic heterocycles. The Morgan fingerprint density at radius 1 is 0.769 bits per heavy atom. The molecule has 0 spiro atoms. The molecule has 2 N–H and O–H groups in total. The summed E-state index contributed by atoms with van der Waals surface area (Å²) in [6, 6.07) is 16.3. The van der Waals surface area contributed by atoms with Crippen LogP contribution < -0.4 is 10.6 Å². The van der Waals surface area contributed by atoms with Crippen molar-refractivity contribution in [2.75, 3.05) is 23.7 Å². The average molecular weight is 341 g/mol. The second kappa shape index (κ2) is 6.26. The molecule has 2 aliphatic rings. The minimum atomic E-state index is 0.957. The number of anilines is 2. The predicted molar refractivity (Wildman–Crippen MR) is 106 cm³/mol. The van der Waals surface area contributed by atoms with Crippen LogP contribution in [0.3, 0.4) is 0 Å². The van der Waals surface area contributed by atoms with Crippen molar-refractivity contribution in [3.05, 3.63) is 66.0 Å².